The second-order valence-corrected chi connectivity index (χ2v) is 4.49. The largest absolute Gasteiger partial charge is 0.477 e. The fourth-order valence-corrected chi connectivity index (χ4v) is 2.18. The molecule has 1 aromatic rings. The molecular formula is C13H16N2O4. The summed E-state index contributed by atoms with van der Waals surface area (Å²) in [6, 6.07) is 2.84. The highest BCUT2D eigenvalue weighted by Crippen LogP contribution is 2.15. The Balaban J connectivity index is 2.14. The molecule has 6 heteroatoms. The van der Waals surface area contributed by atoms with Crippen LogP contribution in [0, 0.1) is 0 Å². The van der Waals surface area contributed by atoms with Crippen molar-refractivity contribution in [3.63, 3.8) is 0 Å². The van der Waals surface area contributed by atoms with E-state index >= 15 is 0 Å². The van der Waals surface area contributed by atoms with Crippen molar-refractivity contribution in [3.05, 3.63) is 29.6 Å². The molecule has 1 aromatic heterocycles. The SMILES string of the molecule is COC1CCCN(C(=O)c2ccnc(C(=O)O)c2)C1. The van der Waals surface area contributed by atoms with Crippen LogP contribution in [0.3, 0.4) is 0 Å². The number of ether oxygens (including phenoxy) is 1. The lowest BCUT2D eigenvalue weighted by Crippen LogP contribution is -2.42. The summed E-state index contributed by atoms with van der Waals surface area (Å²) >= 11 is 0. The van der Waals surface area contributed by atoms with Crippen LogP contribution in [-0.2, 0) is 4.74 Å². The van der Waals surface area contributed by atoms with E-state index in [2.05, 4.69) is 4.98 Å². The molecule has 102 valence electrons. The van der Waals surface area contributed by atoms with E-state index in [1.807, 2.05) is 0 Å². The third-order valence-electron chi connectivity index (χ3n) is 3.22. The Kier molecular flexibility index (Phi) is 4.11. The zero-order valence-electron chi connectivity index (χ0n) is 10.7. The fourth-order valence-electron chi connectivity index (χ4n) is 2.18. The minimum atomic E-state index is -1.14. The number of carbonyl (C=O) groups excluding carboxylic acids is 1. The number of piperidine rings is 1. The van der Waals surface area contributed by atoms with Gasteiger partial charge in [-0.15, -0.1) is 0 Å². The van der Waals surface area contributed by atoms with Gasteiger partial charge in [0.1, 0.15) is 5.69 Å². The van der Waals surface area contributed by atoms with Crippen LogP contribution in [0.25, 0.3) is 0 Å². The molecule has 0 saturated carbocycles. The Bertz CT molecular complexity index is 489. The molecule has 2 heterocycles. The first-order valence-electron chi connectivity index (χ1n) is 6.13. The average molecular weight is 264 g/mol. The van der Waals surface area contributed by atoms with Crippen molar-refractivity contribution in [3.8, 4) is 0 Å². The van der Waals surface area contributed by atoms with E-state index in [0.717, 1.165) is 12.8 Å². The highest BCUT2D eigenvalue weighted by molar-refractivity contribution is 5.96. The topological polar surface area (TPSA) is 79.7 Å². The molecule has 0 radical (unpaired) electrons. The molecule has 1 atom stereocenters. The summed E-state index contributed by atoms with van der Waals surface area (Å²) in [5.74, 6) is -1.31. The van der Waals surface area contributed by atoms with E-state index in [1.165, 1.54) is 18.3 Å². The molecule has 1 aliphatic heterocycles. The number of methoxy groups -OCH3 is 1. The number of hydrogen-bond acceptors (Lipinski definition) is 4. The van der Waals surface area contributed by atoms with Crippen molar-refractivity contribution in [1.82, 2.24) is 9.88 Å². The number of carboxylic acids is 1. The van der Waals surface area contributed by atoms with E-state index < -0.39 is 5.97 Å². The quantitative estimate of drug-likeness (QED) is 0.882. The zero-order chi connectivity index (χ0) is 13.8. The number of pyridine rings is 1. The van der Waals surface area contributed by atoms with Crippen molar-refractivity contribution in [2.45, 2.75) is 18.9 Å². The van der Waals surface area contributed by atoms with E-state index in [1.54, 1.807) is 12.0 Å². The van der Waals surface area contributed by atoms with Crippen molar-refractivity contribution in [2.24, 2.45) is 0 Å². The van der Waals surface area contributed by atoms with Gasteiger partial charge in [0, 0.05) is 32.0 Å². The third-order valence-corrected chi connectivity index (χ3v) is 3.22. The number of rotatable bonds is 3. The summed E-state index contributed by atoms with van der Waals surface area (Å²) in [6.07, 6.45) is 3.23. The molecule has 1 amide bonds. The van der Waals surface area contributed by atoms with Crippen LogP contribution in [-0.4, -0.2) is 53.2 Å². The Morgan fingerprint density at radius 3 is 3.00 bits per heavy atom. The van der Waals surface area contributed by atoms with Crippen LogP contribution in [0.15, 0.2) is 18.3 Å². The summed E-state index contributed by atoms with van der Waals surface area (Å²) in [5, 5.41) is 8.87. The minimum absolute atomic E-state index is 0.0541. The van der Waals surface area contributed by atoms with E-state index in [-0.39, 0.29) is 17.7 Å². The lowest BCUT2D eigenvalue weighted by Gasteiger charge is -2.32. The van der Waals surface area contributed by atoms with Crippen molar-refractivity contribution < 1.29 is 19.4 Å². The van der Waals surface area contributed by atoms with Crippen LogP contribution < -0.4 is 0 Å². The summed E-state index contributed by atoms with van der Waals surface area (Å²) in [5.41, 5.74) is 0.232. The molecule has 1 fully saturated rings. The third kappa shape index (κ3) is 3.08. The van der Waals surface area contributed by atoms with Crippen LogP contribution in [0.5, 0.6) is 0 Å². The zero-order valence-corrected chi connectivity index (χ0v) is 10.7. The molecule has 2 rings (SSSR count). The van der Waals surface area contributed by atoms with Gasteiger partial charge in [-0.25, -0.2) is 9.78 Å². The van der Waals surface area contributed by atoms with Crippen LogP contribution in [0.1, 0.15) is 33.7 Å². The number of amides is 1. The van der Waals surface area contributed by atoms with E-state index in [9.17, 15) is 9.59 Å². The highest BCUT2D eigenvalue weighted by Gasteiger charge is 2.24. The van der Waals surface area contributed by atoms with Crippen molar-refractivity contribution in [2.75, 3.05) is 20.2 Å². The summed E-state index contributed by atoms with van der Waals surface area (Å²) < 4.78 is 5.27. The number of carbonyl (C=O) groups is 2. The summed E-state index contributed by atoms with van der Waals surface area (Å²) in [4.78, 5) is 28.5. The van der Waals surface area contributed by atoms with E-state index in [0.29, 0.717) is 18.7 Å². The number of aromatic nitrogens is 1. The van der Waals surface area contributed by atoms with Crippen molar-refractivity contribution >= 4 is 11.9 Å². The lowest BCUT2D eigenvalue weighted by molar-refractivity contribution is 0.0269. The normalized spacial score (nSPS) is 19.2. The number of nitrogens with zero attached hydrogens (tertiary/aromatic N) is 2. The van der Waals surface area contributed by atoms with Crippen LogP contribution >= 0.6 is 0 Å². The molecule has 0 bridgehead atoms. The smallest absolute Gasteiger partial charge is 0.354 e. The maximum absolute atomic E-state index is 12.3. The number of aromatic carboxylic acids is 1. The summed E-state index contributed by atoms with van der Waals surface area (Å²) in [7, 11) is 1.63. The highest BCUT2D eigenvalue weighted by atomic mass is 16.5. The molecular weight excluding hydrogens is 248 g/mol. The first kappa shape index (κ1) is 13.5. The Morgan fingerprint density at radius 2 is 2.32 bits per heavy atom. The van der Waals surface area contributed by atoms with Crippen LogP contribution in [0.2, 0.25) is 0 Å². The van der Waals surface area contributed by atoms with Gasteiger partial charge >= 0.3 is 5.97 Å². The van der Waals surface area contributed by atoms with Crippen molar-refractivity contribution in [1.29, 1.82) is 0 Å². The second-order valence-electron chi connectivity index (χ2n) is 4.49. The van der Waals surface area contributed by atoms with Gasteiger partial charge in [0.25, 0.3) is 5.91 Å². The predicted molar refractivity (Wildman–Crippen MR) is 67.1 cm³/mol. The van der Waals surface area contributed by atoms with Gasteiger partial charge in [0.15, 0.2) is 0 Å². The average Bonchev–Trinajstić information content (AvgIpc) is 2.46. The molecule has 6 nitrogen and oxygen atoms in total. The van der Waals surface area contributed by atoms with Gasteiger partial charge < -0.3 is 14.7 Å². The Hall–Kier alpha value is -1.95. The monoisotopic (exact) mass is 264 g/mol. The molecule has 19 heavy (non-hydrogen) atoms. The van der Waals surface area contributed by atoms with Gasteiger partial charge in [-0.3, -0.25) is 4.79 Å². The van der Waals surface area contributed by atoms with Crippen LogP contribution in [0.4, 0.5) is 0 Å². The first-order chi connectivity index (χ1) is 9.11. The van der Waals surface area contributed by atoms with Gasteiger partial charge in [-0.05, 0) is 25.0 Å². The van der Waals surface area contributed by atoms with E-state index in [4.69, 9.17) is 9.84 Å². The van der Waals surface area contributed by atoms with Gasteiger partial charge in [-0.1, -0.05) is 0 Å². The molecule has 0 spiro atoms. The molecule has 0 aliphatic carbocycles. The maximum Gasteiger partial charge on any atom is 0.354 e. The molecule has 1 N–H and O–H groups in total. The minimum Gasteiger partial charge on any atom is -0.477 e. The number of hydrogen-bond donors (Lipinski definition) is 1. The lowest BCUT2D eigenvalue weighted by atomic mass is 10.1. The number of carboxylic acid groups (broad SMARTS) is 1. The molecule has 1 aliphatic rings. The molecule has 1 unspecified atom stereocenters. The molecule has 1 saturated heterocycles. The van der Waals surface area contributed by atoms with Gasteiger partial charge in [0.05, 0.1) is 6.10 Å². The predicted octanol–water partition coefficient (Wildman–Crippen LogP) is 1.03. The van der Waals surface area contributed by atoms with Gasteiger partial charge in [-0.2, -0.15) is 0 Å². The van der Waals surface area contributed by atoms with Gasteiger partial charge in [0.2, 0.25) is 0 Å². The Morgan fingerprint density at radius 1 is 1.53 bits per heavy atom. The number of likely N-dealkylation sites (tertiary alicyclic amines) is 1. The summed E-state index contributed by atoms with van der Waals surface area (Å²) in [6.45, 7) is 1.21. The maximum atomic E-state index is 12.3. The molecule has 0 aromatic carbocycles. The first-order valence-corrected chi connectivity index (χ1v) is 6.13. The second kappa shape index (κ2) is 5.79. The standard InChI is InChI=1S/C13H16N2O4/c1-19-10-3-2-6-15(8-10)12(16)9-4-5-14-11(7-9)13(17)18/h4-5,7,10H,2-3,6,8H2,1H3,(H,17,18). The Labute approximate surface area is 111 Å². The fraction of sp³-hybridized carbons (Fsp3) is 0.462.